The number of fused-ring (bicyclic) bond motifs is 1. The summed E-state index contributed by atoms with van der Waals surface area (Å²) in [5.74, 6) is 0. The molecule has 3 heterocycles. The summed E-state index contributed by atoms with van der Waals surface area (Å²) in [6.07, 6.45) is 9.59. The van der Waals surface area contributed by atoms with Crippen LogP contribution in [0.3, 0.4) is 0 Å². The lowest BCUT2D eigenvalue weighted by Gasteiger charge is -1.89. The number of hydrogen-bond donors (Lipinski definition) is 0. The molecule has 0 atom stereocenters. The standard InChI is InChI=1S/C6H4N4.C4H4N2/c1-2-9-6-5(8-1)3-7-4-10-6;1-2-4-6-5-3-1/h1-4H;1-4H. The van der Waals surface area contributed by atoms with Crippen molar-refractivity contribution in [2.75, 3.05) is 0 Å². The summed E-state index contributed by atoms with van der Waals surface area (Å²) in [5, 5.41) is 7.07. The molecule has 16 heavy (non-hydrogen) atoms. The zero-order valence-corrected chi connectivity index (χ0v) is 8.30. The molecule has 3 aromatic heterocycles. The van der Waals surface area contributed by atoms with Gasteiger partial charge < -0.3 is 0 Å². The van der Waals surface area contributed by atoms with E-state index in [2.05, 4.69) is 30.1 Å². The fourth-order valence-electron chi connectivity index (χ4n) is 0.977. The van der Waals surface area contributed by atoms with Crippen molar-refractivity contribution in [3.8, 4) is 0 Å². The molecule has 0 saturated heterocycles. The topological polar surface area (TPSA) is 77.3 Å². The van der Waals surface area contributed by atoms with Gasteiger partial charge in [-0.2, -0.15) is 10.2 Å². The van der Waals surface area contributed by atoms with Crippen molar-refractivity contribution in [3.05, 3.63) is 49.4 Å². The zero-order valence-electron chi connectivity index (χ0n) is 8.30. The molecular weight excluding hydrogens is 204 g/mol. The van der Waals surface area contributed by atoms with Gasteiger partial charge in [0.1, 0.15) is 11.8 Å². The van der Waals surface area contributed by atoms with Gasteiger partial charge in [-0.25, -0.2) is 19.9 Å². The highest BCUT2D eigenvalue weighted by Gasteiger charge is 1.90. The van der Waals surface area contributed by atoms with Gasteiger partial charge in [-0.05, 0) is 12.1 Å². The van der Waals surface area contributed by atoms with Gasteiger partial charge in [-0.3, -0.25) is 0 Å². The molecular formula is C10H8N6. The van der Waals surface area contributed by atoms with Gasteiger partial charge in [0.15, 0.2) is 5.65 Å². The van der Waals surface area contributed by atoms with E-state index < -0.39 is 0 Å². The molecule has 0 radical (unpaired) electrons. The van der Waals surface area contributed by atoms with Crippen LogP contribution in [0.5, 0.6) is 0 Å². The highest BCUT2D eigenvalue weighted by molar-refractivity contribution is 5.66. The Kier molecular flexibility index (Phi) is 3.38. The van der Waals surface area contributed by atoms with E-state index in [1.807, 2.05) is 12.1 Å². The zero-order chi connectivity index (χ0) is 11.1. The molecule has 0 saturated carbocycles. The summed E-state index contributed by atoms with van der Waals surface area (Å²) in [6.45, 7) is 0. The van der Waals surface area contributed by atoms with Crippen molar-refractivity contribution in [2.45, 2.75) is 0 Å². The average molecular weight is 212 g/mol. The Morgan fingerprint density at radius 2 is 1.50 bits per heavy atom. The van der Waals surface area contributed by atoms with Crippen LogP contribution < -0.4 is 0 Å². The lowest BCUT2D eigenvalue weighted by molar-refractivity contribution is 1.03. The number of rotatable bonds is 0. The Hall–Kier alpha value is -2.50. The van der Waals surface area contributed by atoms with E-state index in [0.29, 0.717) is 5.65 Å². The molecule has 0 bridgehead atoms. The SMILES string of the molecule is c1ccnnc1.c1cnc2ncncc2n1. The van der Waals surface area contributed by atoms with Crippen molar-refractivity contribution >= 4 is 11.2 Å². The van der Waals surface area contributed by atoms with Crippen LogP contribution in [-0.4, -0.2) is 30.1 Å². The van der Waals surface area contributed by atoms with Gasteiger partial charge in [0.25, 0.3) is 0 Å². The number of aromatic nitrogens is 6. The molecule has 3 aromatic rings. The van der Waals surface area contributed by atoms with Crippen LogP contribution in [0.25, 0.3) is 11.2 Å². The monoisotopic (exact) mass is 212 g/mol. The summed E-state index contributed by atoms with van der Waals surface area (Å²) >= 11 is 0. The van der Waals surface area contributed by atoms with Crippen molar-refractivity contribution in [1.29, 1.82) is 0 Å². The molecule has 0 aliphatic heterocycles. The van der Waals surface area contributed by atoms with Crippen LogP contribution in [0.15, 0.2) is 49.4 Å². The van der Waals surface area contributed by atoms with E-state index in [1.165, 1.54) is 6.33 Å². The first kappa shape index (κ1) is 10.0. The van der Waals surface area contributed by atoms with Gasteiger partial charge in [0, 0.05) is 24.8 Å². The second-order valence-corrected chi connectivity index (χ2v) is 2.70. The highest BCUT2D eigenvalue weighted by atomic mass is 15.1. The lowest BCUT2D eigenvalue weighted by Crippen LogP contribution is -1.85. The van der Waals surface area contributed by atoms with E-state index in [-0.39, 0.29) is 0 Å². The van der Waals surface area contributed by atoms with E-state index >= 15 is 0 Å². The van der Waals surface area contributed by atoms with Crippen LogP contribution >= 0.6 is 0 Å². The molecule has 3 rings (SSSR count). The first-order valence-electron chi connectivity index (χ1n) is 4.55. The maximum atomic E-state index is 3.99. The summed E-state index contributed by atoms with van der Waals surface area (Å²) in [5.41, 5.74) is 1.36. The minimum atomic E-state index is 0.637. The van der Waals surface area contributed by atoms with E-state index in [4.69, 9.17) is 0 Å². The van der Waals surface area contributed by atoms with E-state index in [1.54, 1.807) is 31.0 Å². The van der Waals surface area contributed by atoms with Crippen LogP contribution in [-0.2, 0) is 0 Å². The Balaban J connectivity index is 0.000000138. The normalized spacial score (nSPS) is 9.25. The van der Waals surface area contributed by atoms with Crippen LogP contribution in [0.2, 0.25) is 0 Å². The fraction of sp³-hybridized carbons (Fsp3) is 0. The molecule has 6 heteroatoms. The molecule has 0 fully saturated rings. The quantitative estimate of drug-likeness (QED) is 0.551. The van der Waals surface area contributed by atoms with Gasteiger partial charge in [-0.15, -0.1) is 0 Å². The van der Waals surface area contributed by atoms with Gasteiger partial charge >= 0.3 is 0 Å². The predicted octanol–water partition coefficient (Wildman–Crippen LogP) is 0.896. The summed E-state index contributed by atoms with van der Waals surface area (Å²) < 4.78 is 0. The fourth-order valence-corrected chi connectivity index (χ4v) is 0.977. The van der Waals surface area contributed by atoms with Crippen molar-refractivity contribution in [1.82, 2.24) is 30.1 Å². The third-order valence-corrected chi connectivity index (χ3v) is 1.63. The molecule has 0 aromatic carbocycles. The minimum Gasteiger partial charge on any atom is -0.250 e. The van der Waals surface area contributed by atoms with Gasteiger partial charge in [-0.1, -0.05) is 0 Å². The van der Waals surface area contributed by atoms with Crippen LogP contribution in [0.4, 0.5) is 0 Å². The third kappa shape index (κ3) is 2.74. The van der Waals surface area contributed by atoms with Crippen LogP contribution in [0, 0.1) is 0 Å². The Morgan fingerprint density at radius 1 is 0.750 bits per heavy atom. The van der Waals surface area contributed by atoms with Gasteiger partial charge in [0.2, 0.25) is 0 Å². The number of nitrogens with zero attached hydrogens (tertiary/aromatic N) is 6. The molecule has 0 spiro atoms. The van der Waals surface area contributed by atoms with Crippen molar-refractivity contribution < 1.29 is 0 Å². The smallest absolute Gasteiger partial charge is 0.181 e. The molecule has 78 valence electrons. The van der Waals surface area contributed by atoms with E-state index in [9.17, 15) is 0 Å². The second-order valence-electron chi connectivity index (χ2n) is 2.70. The first-order valence-corrected chi connectivity index (χ1v) is 4.55. The molecule has 0 unspecified atom stereocenters. The second kappa shape index (κ2) is 5.40. The molecule has 0 aliphatic rings. The Labute approximate surface area is 91.5 Å². The maximum Gasteiger partial charge on any atom is 0.181 e. The average Bonchev–Trinajstić information content (AvgIpc) is 2.42. The largest absolute Gasteiger partial charge is 0.250 e. The predicted molar refractivity (Wildman–Crippen MR) is 57.2 cm³/mol. The van der Waals surface area contributed by atoms with Crippen molar-refractivity contribution in [3.63, 3.8) is 0 Å². The lowest BCUT2D eigenvalue weighted by atomic mass is 10.5. The van der Waals surface area contributed by atoms with E-state index in [0.717, 1.165) is 5.52 Å². The molecule has 6 nitrogen and oxygen atoms in total. The minimum absolute atomic E-state index is 0.637. The molecule has 0 aliphatic carbocycles. The highest BCUT2D eigenvalue weighted by Crippen LogP contribution is 1.98. The maximum absolute atomic E-state index is 3.99. The first-order chi connectivity index (χ1) is 7.97. The van der Waals surface area contributed by atoms with Crippen molar-refractivity contribution in [2.24, 2.45) is 0 Å². The summed E-state index contributed by atoms with van der Waals surface area (Å²) in [7, 11) is 0. The summed E-state index contributed by atoms with van der Waals surface area (Å²) in [4.78, 5) is 15.7. The third-order valence-electron chi connectivity index (χ3n) is 1.63. The molecule has 0 N–H and O–H groups in total. The Bertz CT molecular complexity index is 450. The van der Waals surface area contributed by atoms with Gasteiger partial charge in [0.05, 0.1) is 6.20 Å². The molecule has 0 amide bonds. The Morgan fingerprint density at radius 3 is 2.12 bits per heavy atom. The number of hydrogen-bond acceptors (Lipinski definition) is 6. The van der Waals surface area contributed by atoms with Crippen LogP contribution in [0.1, 0.15) is 0 Å². The summed E-state index contributed by atoms with van der Waals surface area (Å²) in [6, 6.07) is 3.65.